The number of hydrogen-bond acceptors (Lipinski definition) is 2. The summed E-state index contributed by atoms with van der Waals surface area (Å²) in [5, 5.41) is 0. The Morgan fingerprint density at radius 2 is 1.79 bits per heavy atom. The van der Waals surface area contributed by atoms with E-state index in [1.54, 1.807) is 0 Å². The van der Waals surface area contributed by atoms with E-state index in [9.17, 15) is 0 Å². The third kappa shape index (κ3) is 3.58. The van der Waals surface area contributed by atoms with Crippen molar-refractivity contribution in [3.8, 4) is 5.75 Å². The zero-order valence-electron chi connectivity index (χ0n) is 11.6. The first-order chi connectivity index (χ1) is 9.20. The van der Waals surface area contributed by atoms with Crippen molar-refractivity contribution in [2.75, 3.05) is 0 Å². The zero-order chi connectivity index (χ0) is 13.7. The predicted molar refractivity (Wildman–Crippen MR) is 79.2 cm³/mol. The number of benzene rings is 2. The summed E-state index contributed by atoms with van der Waals surface area (Å²) >= 11 is 0. The van der Waals surface area contributed by atoms with Gasteiger partial charge in [0.05, 0.1) is 0 Å². The maximum absolute atomic E-state index is 6.03. The van der Waals surface area contributed by atoms with E-state index in [1.807, 2.05) is 31.2 Å². The van der Waals surface area contributed by atoms with E-state index in [1.165, 1.54) is 5.56 Å². The summed E-state index contributed by atoms with van der Waals surface area (Å²) < 4.78 is 5.90. The first-order valence-corrected chi connectivity index (χ1v) is 6.76. The van der Waals surface area contributed by atoms with Crippen LogP contribution in [0.15, 0.2) is 48.5 Å². The van der Waals surface area contributed by atoms with Crippen molar-refractivity contribution in [1.29, 1.82) is 0 Å². The first-order valence-electron chi connectivity index (χ1n) is 6.76. The van der Waals surface area contributed by atoms with E-state index in [2.05, 4.69) is 31.2 Å². The van der Waals surface area contributed by atoms with Gasteiger partial charge in [0, 0.05) is 11.6 Å². The van der Waals surface area contributed by atoms with Gasteiger partial charge in [-0.15, -0.1) is 0 Å². The van der Waals surface area contributed by atoms with Gasteiger partial charge in [0.25, 0.3) is 0 Å². The SMILES string of the molecule is CCc1ccc(OCc2ccccc2)c(C(C)N)c1. The fraction of sp³-hybridized carbons (Fsp3) is 0.294. The lowest BCUT2D eigenvalue weighted by atomic mass is 10.0. The van der Waals surface area contributed by atoms with Gasteiger partial charge in [0.2, 0.25) is 0 Å². The van der Waals surface area contributed by atoms with Crippen molar-refractivity contribution in [3.05, 3.63) is 65.2 Å². The second kappa shape index (κ2) is 6.39. The van der Waals surface area contributed by atoms with Crippen molar-refractivity contribution in [1.82, 2.24) is 0 Å². The van der Waals surface area contributed by atoms with Crippen molar-refractivity contribution in [3.63, 3.8) is 0 Å². The summed E-state index contributed by atoms with van der Waals surface area (Å²) in [5.74, 6) is 0.885. The molecule has 0 fully saturated rings. The fourth-order valence-electron chi connectivity index (χ4n) is 2.04. The minimum atomic E-state index is -0.0164. The molecule has 0 aliphatic rings. The van der Waals surface area contributed by atoms with Crippen LogP contribution in [0, 0.1) is 0 Å². The average molecular weight is 255 g/mol. The van der Waals surface area contributed by atoms with Gasteiger partial charge in [-0.25, -0.2) is 0 Å². The Labute approximate surface area is 115 Å². The van der Waals surface area contributed by atoms with Crippen molar-refractivity contribution < 1.29 is 4.74 Å². The van der Waals surface area contributed by atoms with Crippen LogP contribution in [0.3, 0.4) is 0 Å². The maximum atomic E-state index is 6.03. The summed E-state index contributed by atoms with van der Waals surface area (Å²) in [6, 6.07) is 16.4. The Bertz CT molecular complexity index is 520. The molecule has 2 aromatic carbocycles. The minimum Gasteiger partial charge on any atom is -0.489 e. The molecule has 100 valence electrons. The Morgan fingerprint density at radius 3 is 2.42 bits per heavy atom. The quantitative estimate of drug-likeness (QED) is 0.880. The largest absolute Gasteiger partial charge is 0.489 e. The van der Waals surface area contributed by atoms with Crippen molar-refractivity contribution >= 4 is 0 Å². The van der Waals surface area contributed by atoms with E-state index < -0.39 is 0 Å². The zero-order valence-corrected chi connectivity index (χ0v) is 11.6. The lowest BCUT2D eigenvalue weighted by molar-refractivity contribution is 0.301. The molecular formula is C17H21NO. The molecule has 2 heteroatoms. The standard InChI is InChI=1S/C17H21NO/c1-3-14-9-10-17(16(11-14)13(2)18)19-12-15-7-5-4-6-8-15/h4-11,13H,3,12,18H2,1-2H3. The Balaban J connectivity index is 2.15. The summed E-state index contributed by atoms with van der Waals surface area (Å²) in [6.07, 6.45) is 1.01. The minimum absolute atomic E-state index is 0.0164. The molecule has 0 aromatic heterocycles. The van der Waals surface area contributed by atoms with Gasteiger partial charge < -0.3 is 10.5 Å². The van der Waals surface area contributed by atoms with Gasteiger partial charge in [-0.1, -0.05) is 49.4 Å². The van der Waals surface area contributed by atoms with Crippen LogP contribution in [-0.2, 0) is 13.0 Å². The molecule has 0 saturated heterocycles. The molecule has 1 unspecified atom stereocenters. The van der Waals surface area contributed by atoms with Gasteiger partial charge in [0.1, 0.15) is 12.4 Å². The number of ether oxygens (including phenoxy) is 1. The Kier molecular flexibility index (Phi) is 4.58. The molecule has 0 heterocycles. The van der Waals surface area contributed by atoms with Crippen LogP contribution in [0.25, 0.3) is 0 Å². The molecule has 0 aliphatic carbocycles. The van der Waals surface area contributed by atoms with E-state index in [0.29, 0.717) is 6.61 Å². The topological polar surface area (TPSA) is 35.2 Å². The van der Waals surface area contributed by atoms with Gasteiger partial charge in [-0.2, -0.15) is 0 Å². The molecule has 19 heavy (non-hydrogen) atoms. The lowest BCUT2D eigenvalue weighted by Gasteiger charge is -2.15. The maximum Gasteiger partial charge on any atom is 0.124 e. The highest BCUT2D eigenvalue weighted by molar-refractivity contribution is 5.39. The number of nitrogens with two attached hydrogens (primary N) is 1. The molecule has 2 N–H and O–H groups in total. The highest BCUT2D eigenvalue weighted by atomic mass is 16.5. The van der Waals surface area contributed by atoms with Crippen LogP contribution >= 0.6 is 0 Å². The molecule has 0 saturated carbocycles. The average Bonchev–Trinajstić information content (AvgIpc) is 2.46. The van der Waals surface area contributed by atoms with Gasteiger partial charge >= 0.3 is 0 Å². The molecular weight excluding hydrogens is 234 g/mol. The predicted octanol–water partition coefficient (Wildman–Crippen LogP) is 3.85. The van der Waals surface area contributed by atoms with E-state index in [4.69, 9.17) is 10.5 Å². The van der Waals surface area contributed by atoms with E-state index >= 15 is 0 Å². The molecule has 0 aliphatic heterocycles. The smallest absolute Gasteiger partial charge is 0.124 e. The van der Waals surface area contributed by atoms with Crippen LogP contribution in [0.2, 0.25) is 0 Å². The normalized spacial score (nSPS) is 12.2. The Morgan fingerprint density at radius 1 is 1.05 bits per heavy atom. The van der Waals surface area contributed by atoms with Crippen LogP contribution in [-0.4, -0.2) is 0 Å². The number of aryl methyl sites for hydroxylation is 1. The lowest BCUT2D eigenvalue weighted by Crippen LogP contribution is -2.08. The molecule has 2 aromatic rings. The molecule has 0 amide bonds. The van der Waals surface area contributed by atoms with E-state index in [0.717, 1.165) is 23.3 Å². The second-order valence-electron chi connectivity index (χ2n) is 4.79. The summed E-state index contributed by atoms with van der Waals surface area (Å²) in [6.45, 7) is 4.71. The first kappa shape index (κ1) is 13.6. The van der Waals surface area contributed by atoms with Crippen LogP contribution < -0.4 is 10.5 Å². The highest BCUT2D eigenvalue weighted by Gasteiger charge is 2.09. The number of hydrogen-bond donors (Lipinski definition) is 1. The number of rotatable bonds is 5. The summed E-state index contributed by atoms with van der Waals surface area (Å²) in [7, 11) is 0. The summed E-state index contributed by atoms with van der Waals surface area (Å²) in [4.78, 5) is 0. The van der Waals surface area contributed by atoms with Gasteiger partial charge in [-0.3, -0.25) is 0 Å². The third-order valence-electron chi connectivity index (χ3n) is 3.21. The third-order valence-corrected chi connectivity index (χ3v) is 3.21. The summed E-state index contributed by atoms with van der Waals surface area (Å²) in [5.41, 5.74) is 9.56. The van der Waals surface area contributed by atoms with Crippen LogP contribution in [0.1, 0.15) is 36.6 Å². The van der Waals surface area contributed by atoms with Crippen LogP contribution in [0.5, 0.6) is 5.75 Å². The molecule has 2 rings (SSSR count). The molecule has 0 bridgehead atoms. The second-order valence-corrected chi connectivity index (χ2v) is 4.79. The monoisotopic (exact) mass is 255 g/mol. The van der Waals surface area contributed by atoms with Crippen molar-refractivity contribution in [2.24, 2.45) is 5.73 Å². The Hall–Kier alpha value is -1.80. The molecule has 0 spiro atoms. The molecule has 2 nitrogen and oxygen atoms in total. The van der Waals surface area contributed by atoms with E-state index in [-0.39, 0.29) is 6.04 Å². The fourth-order valence-corrected chi connectivity index (χ4v) is 2.04. The van der Waals surface area contributed by atoms with Gasteiger partial charge in [0.15, 0.2) is 0 Å². The van der Waals surface area contributed by atoms with Crippen LogP contribution in [0.4, 0.5) is 0 Å². The molecule has 0 radical (unpaired) electrons. The molecule has 1 atom stereocenters. The van der Waals surface area contributed by atoms with Gasteiger partial charge in [-0.05, 0) is 30.5 Å². The van der Waals surface area contributed by atoms with Crippen molar-refractivity contribution in [2.45, 2.75) is 32.9 Å². The highest BCUT2D eigenvalue weighted by Crippen LogP contribution is 2.26.